The number of aliphatic hydroxyl groups is 1. The highest BCUT2D eigenvalue weighted by molar-refractivity contribution is 5.88. The number of rotatable bonds is 15. The Balaban J connectivity index is 1.52. The van der Waals surface area contributed by atoms with E-state index >= 15 is 0 Å². The number of morpholine rings is 2. The van der Waals surface area contributed by atoms with Crippen LogP contribution in [0.25, 0.3) is 0 Å². The number of carbonyl (C=O) groups is 4. The van der Waals surface area contributed by atoms with Crippen molar-refractivity contribution in [3.63, 3.8) is 0 Å². The summed E-state index contributed by atoms with van der Waals surface area (Å²) >= 11 is 0. The zero-order valence-corrected chi connectivity index (χ0v) is 30.4. The van der Waals surface area contributed by atoms with Crippen molar-refractivity contribution in [2.75, 3.05) is 52.6 Å². The molecule has 280 valence electrons. The monoisotopic (exact) mass is 708 g/mol. The number of benzene rings is 2. The second-order valence-corrected chi connectivity index (χ2v) is 14.0. The van der Waals surface area contributed by atoms with Crippen molar-refractivity contribution in [3.8, 4) is 0 Å². The zero-order valence-electron chi connectivity index (χ0n) is 30.4. The van der Waals surface area contributed by atoms with Gasteiger partial charge in [-0.2, -0.15) is 0 Å². The molecule has 0 spiro atoms. The smallest absolute Gasteiger partial charge is 0.318 e. The second-order valence-electron chi connectivity index (χ2n) is 14.0. The predicted molar refractivity (Wildman–Crippen MR) is 194 cm³/mol. The Kier molecular flexibility index (Phi) is 15.5. The molecule has 13 heteroatoms. The summed E-state index contributed by atoms with van der Waals surface area (Å²) in [5.74, 6) is -1.19. The van der Waals surface area contributed by atoms with Crippen LogP contribution < -0.4 is 21.3 Å². The molecule has 2 aromatic carbocycles. The van der Waals surface area contributed by atoms with E-state index in [0.717, 1.165) is 11.1 Å². The molecule has 51 heavy (non-hydrogen) atoms. The van der Waals surface area contributed by atoms with E-state index in [1.807, 2.05) is 88.4 Å². The lowest BCUT2D eigenvalue weighted by Crippen LogP contribution is -2.59. The van der Waals surface area contributed by atoms with Crippen LogP contribution in [0.3, 0.4) is 0 Å². The fraction of sp³-hybridized carbons (Fsp3) is 0.579. The highest BCUT2D eigenvalue weighted by Crippen LogP contribution is 2.16. The molecule has 5 N–H and O–H groups in total. The van der Waals surface area contributed by atoms with Crippen molar-refractivity contribution in [3.05, 3.63) is 71.8 Å². The zero-order chi connectivity index (χ0) is 36.8. The van der Waals surface area contributed by atoms with E-state index < -0.39 is 36.2 Å². The van der Waals surface area contributed by atoms with Crippen LogP contribution in [0, 0.1) is 11.8 Å². The Hall–Kier alpha value is -4.20. The van der Waals surface area contributed by atoms with Gasteiger partial charge >= 0.3 is 12.1 Å². The molecule has 0 bridgehead atoms. The van der Waals surface area contributed by atoms with Gasteiger partial charge in [0, 0.05) is 32.2 Å². The van der Waals surface area contributed by atoms with E-state index in [2.05, 4.69) is 21.3 Å². The number of hydrogen-bond donors (Lipinski definition) is 5. The molecule has 0 radical (unpaired) electrons. The predicted octanol–water partition coefficient (Wildman–Crippen LogP) is 2.33. The molecule has 0 aliphatic carbocycles. The van der Waals surface area contributed by atoms with Crippen LogP contribution in [-0.4, -0.2) is 122 Å². The van der Waals surface area contributed by atoms with Gasteiger partial charge in [-0.3, -0.25) is 9.59 Å². The van der Waals surface area contributed by atoms with Crippen molar-refractivity contribution in [1.29, 1.82) is 0 Å². The van der Waals surface area contributed by atoms with E-state index in [-0.39, 0.29) is 36.2 Å². The fourth-order valence-electron chi connectivity index (χ4n) is 6.31. The third-order valence-electron chi connectivity index (χ3n) is 9.34. The largest absolute Gasteiger partial charge is 0.391 e. The minimum absolute atomic E-state index is 0.118. The number of nitrogens with one attached hydrogen (secondary N) is 4. The minimum Gasteiger partial charge on any atom is -0.391 e. The maximum absolute atomic E-state index is 13.9. The van der Waals surface area contributed by atoms with Crippen LogP contribution in [0.1, 0.15) is 45.2 Å². The summed E-state index contributed by atoms with van der Waals surface area (Å²) in [7, 11) is 0. The molecule has 2 fully saturated rings. The lowest BCUT2D eigenvalue weighted by atomic mass is 9.92. The number of ether oxygens (including phenoxy) is 2. The molecule has 2 aliphatic heterocycles. The summed E-state index contributed by atoms with van der Waals surface area (Å²) in [5, 5.41) is 23.9. The molecule has 5 atom stereocenters. The summed E-state index contributed by atoms with van der Waals surface area (Å²) in [5.41, 5.74) is 1.87. The minimum atomic E-state index is -1.08. The first-order valence-electron chi connectivity index (χ1n) is 18.1. The number of carbonyl (C=O) groups excluding carboxylic acids is 4. The topological polar surface area (TPSA) is 162 Å². The molecule has 2 saturated heterocycles. The number of hydrogen-bond acceptors (Lipinski definition) is 7. The van der Waals surface area contributed by atoms with Crippen molar-refractivity contribution >= 4 is 23.9 Å². The van der Waals surface area contributed by atoms with Crippen LogP contribution in [0.2, 0.25) is 0 Å². The summed E-state index contributed by atoms with van der Waals surface area (Å²) in [6.07, 6.45) is -0.215. The normalized spacial score (nSPS) is 17.9. The molecule has 13 nitrogen and oxygen atoms in total. The third-order valence-corrected chi connectivity index (χ3v) is 9.34. The van der Waals surface area contributed by atoms with Gasteiger partial charge in [0.1, 0.15) is 12.1 Å². The average Bonchev–Trinajstić information content (AvgIpc) is 3.13. The molecular formula is C38H56N6O7. The molecule has 2 aliphatic rings. The van der Waals surface area contributed by atoms with Crippen LogP contribution in [0.5, 0.6) is 0 Å². The molecular weight excluding hydrogens is 652 g/mol. The third kappa shape index (κ3) is 12.5. The number of amides is 6. The summed E-state index contributed by atoms with van der Waals surface area (Å²) < 4.78 is 10.7. The maximum Gasteiger partial charge on any atom is 0.318 e. The fourth-order valence-corrected chi connectivity index (χ4v) is 6.31. The van der Waals surface area contributed by atoms with E-state index in [9.17, 15) is 24.3 Å². The maximum atomic E-state index is 13.9. The summed E-state index contributed by atoms with van der Waals surface area (Å²) in [6.45, 7) is 11.0. The molecule has 6 amide bonds. The highest BCUT2D eigenvalue weighted by atomic mass is 16.5. The van der Waals surface area contributed by atoms with Crippen LogP contribution in [0.4, 0.5) is 9.59 Å². The molecule has 2 aromatic rings. The van der Waals surface area contributed by atoms with E-state index in [4.69, 9.17) is 9.47 Å². The van der Waals surface area contributed by atoms with Crippen molar-refractivity contribution < 1.29 is 33.8 Å². The van der Waals surface area contributed by atoms with Crippen molar-refractivity contribution in [2.24, 2.45) is 11.8 Å². The van der Waals surface area contributed by atoms with Gasteiger partial charge in [0.25, 0.3) is 0 Å². The number of aliphatic hydroxyl groups excluding tert-OH is 1. The highest BCUT2D eigenvalue weighted by Gasteiger charge is 2.33. The molecule has 0 saturated carbocycles. The number of nitrogens with zero attached hydrogens (tertiary/aromatic N) is 2. The molecule has 0 aromatic heterocycles. The van der Waals surface area contributed by atoms with Crippen molar-refractivity contribution in [2.45, 2.75) is 77.2 Å². The number of urea groups is 2. The Morgan fingerprint density at radius 2 is 1.04 bits per heavy atom. The first-order valence-corrected chi connectivity index (χ1v) is 18.1. The van der Waals surface area contributed by atoms with E-state index in [0.29, 0.717) is 65.4 Å². The Morgan fingerprint density at radius 3 is 1.47 bits per heavy atom. The van der Waals surface area contributed by atoms with Crippen LogP contribution in [-0.2, 0) is 31.9 Å². The quantitative estimate of drug-likeness (QED) is 0.190. The van der Waals surface area contributed by atoms with Gasteiger partial charge in [-0.15, -0.1) is 0 Å². The molecule has 4 rings (SSSR count). The lowest BCUT2D eigenvalue weighted by Gasteiger charge is -2.33. The second kappa shape index (κ2) is 20.0. The first kappa shape index (κ1) is 39.6. The van der Waals surface area contributed by atoms with Gasteiger partial charge in [-0.05, 0) is 42.2 Å². The lowest BCUT2D eigenvalue weighted by molar-refractivity contribution is -0.126. The van der Waals surface area contributed by atoms with Gasteiger partial charge in [-0.1, -0.05) is 88.4 Å². The van der Waals surface area contributed by atoms with Gasteiger partial charge in [0.05, 0.1) is 38.6 Å². The Morgan fingerprint density at radius 1 is 0.627 bits per heavy atom. The van der Waals surface area contributed by atoms with Crippen LogP contribution >= 0.6 is 0 Å². The molecule has 0 unspecified atom stereocenters. The van der Waals surface area contributed by atoms with Gasteiger partial charge in [-0.25, -0.2) is 9.59 Å². The van der Waals surface area contributed by atoms with Crippen molar-refractivity contribution in [1.82, 2.24) is 31.1 Å². The van der Waals surface area contributed by atoms with Gasteiger partial charge in [0.2, 0.25) is 11.8 Å². The average molecular weight is 709 g/mol. The van der Waals surface area contributed by atoms with E-state index in [1.54, 1.807) is 9.80 Å². The summed E-state index contributed by atoms with van der Waals surface area (Å²) in [6, 6.07) is 15.6. The van der Waals surface area contributed by atoms with Gasteiger partial charge in [0.15, 0.2) is 0 Å². The SMILES string of the molecule is CC(C)[C@H](NC(=O)N1CCOCC1)C(=O)N[C@@H](Cc1ccccc1)C[C@H](O)[C@H](Cc1ccccc1)NC(=O)[C@@H](NC(=O)N1CCOCC1)C(C)C. The van der Waals surface area contributed by atoms with Gasteiger partial charge < -0.3 is 45.6 Å². The Bertz CT molecular complexity index is 1380. The van der Waals surface area contributed by atoms with E-state index in [1.165, 1.54) is 0 Å². The summed E-state index contributed by atoms with van der Waals surface area (Å²) in [4.78, 5) is 57.1. The first-order chi connectivity index (χ1) is 24.5. The standard InChI is InChI=1S/C38H56N6O7/c1-26(2)33(41-37(48)43-15-19-50-20-16-43)35(46)39-30(23-28-11-7-5-8-12-28)25-32(45)31(24-29-13-9-6-10-14-29)40-36(47)34(27(3)4)42-38(49)44-17-21-51-22-18-44/h5-14,26-27,30-34,45H,15-25H2,1-4H3,(H,39,46)(H,40,47)(H,41,48)(H,42,49)/t30-,31-,32-,33-,34-/m0/s1. The van der Waals surface area contributed by atoms with Crippen LogP contribution in [0.15, 0.2) is 60.7 Å². The molecule has 2 heterocycles. The Labute approximate surface area is 301 Å².